The molecule has 0 saturated carbocycles. The number of esters is 1. The molecule has 1 aromatic carbocycles. The van der Waals surface area contributed by atoms with Crippen LogP contribution in [-0.4, -0.2) is 45.6 Å². The Hall–Kier alpha value is -1.78. The van der Waals surface area contributed by atoms with Gasteiger partial charge >= 0.3 is 12.0 Å². The van der Waals surface area contributed by atoms with Crippen LogP contribution in [-0.2, 0) is 26.1 Å². The third-order valence-corrected chi connectivity index (χ3v) is 4.68. The van der Waals surface area contributed by atoms with Crippen molar-refractivity contribution >= 4 is 33.8 Å². The van der Waals surface area contributed by atoms with E-state index in [1.165, 1.54) is 19.2 Å². The molecule has 1 atom stereocenters. The number of nitrogens with two attached hydrogens (primary N) is 1. The molecule has 0 radical (unpaired) electrons. The summed E-state index contributed by atoms with van der Waals surface area (Å²) >= 11 is 1.56. The lowest BCUT2D eigenvalue weighted by molar-refractivity contribution is -0.142. The second-order valence-corrected chi connectivity index (χ2v) is 7.42. The molecule has 0 saturated heterocycles. The van der Waals surface area contributed by atoms with Gasteiger partial charge in [-0.1, -0.05) is 12.1 Å². The molecule has 2 amide bonds. The summed E-state index contributed by atoms with van der Waals surface area (Å²) in [6.45, 7) is 0.174. The van der Waals surface area contributed by atoms with Gasteiger partial charge in [-0.2, -0.15) is 11.8 Å². The molecule has 10 heteroatoms. The number of sulfonamides is 1. The molecule has 0 aliphatic heterocycles. The average Bonchev–Trinajstić information content (AvgIpc) is 2.55. The molecular formula is C14H21N3O5S2. The Kier molecular flexibility index (Phi) is 8.02. The summed E-state index contributed by atoms with van der Waals surface area (Å²) in [6.07, 6.45) is 2.37. The van der Waals surface area contributed by atoms with E-state index in [0.29, 0.717) is 17.7 Å². The highest BCUT2D eigenvalue weighted by atomic mass is 32.2. The van der Waals surface area contributed by atoms with Crippen LogP contribution in [0.5, 0.6) is 0 Å². The van der Waals surface area contributed by atoms with E-state index >= 15 is 0 Å². The molecule has 134 valence electrons. The number of benzene rings is 1. The highest BCUT2D eigenvalue weighted by molar-refractivity contribution is 7.98. The van der Waals surface area contributed by atoms with E-state index in [0.717, 1.165) is 0 Å². The van der Waals surface area contributed by atoms with Crippen LogP contribution in [0.25, 0.3) is 0 Å². The third kappa shape index (κ3) is 6.77. The Labute approximate surface area is 145 Å². The average molecular weight is 375 g/mol. The number of nitrogens with one attached hydrogen (secondary N) is 2. The Morgan fingerprint density at radius 2 is 1.92 bits per heavy atom. The Balaban J connectivity index is 2.56. The molecule has 0 heterocycles. The lowest BCUT2D eigenvalue weighted by Crippen LogP contribution is -2.46. The minimum absolute atomic E-state index is 0.00137. The number of hydrogen-bond donors (Lipinski definition) is 3. The molecule has 4 N–H and O–H groups in total. The van der Waals surface area contributed by atoms with Gasteiger partial charge in [-0.3, -0.25) is 0 Å². The van der Waals surface area contributed by atoms with Gasteiger partial charge in [0.05, 0.1) is 12.0 Å². The number of carbonyl (C=O) groups is 2. The predicted molar refractivity (Wildman–Crippen MR) is 92.0 cm³/mol. The van der Waals surface area contributed by atoms with Crippen molar-refractivity contribution in [2.75, 3.05) is 19.1 Å². The van der Waals surface area contributed by atoms with Crippen molar-refractivity contribution in [1.29, 1.82) is 0 Å². The summed E-state index contributed by atoms with van der Waals surface area (Å²) in [5.41, 5.74) is 0.691. The number of hydrogen-bond acceptors (Lipinski definition) is 6. The molecular weight excluding hydrogens is 354 g/mol. The first kappa shape index (κ1) is 20.3. The van der Waals surface area contributed by atoms with Crippen LogP contribution in [0.2, 0.25) is 0 Å². The maximum absolute atomic E-state index is 11.9. The van der Waals surface area contributed by atoms with Gasteiger partial charge in [-0.05, 0) is 36.1 Å². The molecule has 0 aliphatic carbocycles. The predicted octanol–water partition coefficient (Wildman–Crippen LogP) is 0.428. The van der Waals surface area contributed by atoms with Gasteiger partial charge < -0.3 is 15.4 Å². The van der Waals surface area contributed by atoms with E-state index in [-0.39, 0.29) is 11.4 Å². The van der Waals surface area contributed by atoms with Crippen LogP contribution in [0.1, 0.15) is 12.0 Å². The zero-order valence-corrected chi connectivity index (χ0v) is 15.1. The van der Waals surface area contributed by atoms with Crippen LogP contribution in [0, 0.1) is 0 Å². The molecule has 8 nitrogen and oxygen atoms in total. The maximum atomic E-state index is 11.9. The number of ether oxygens (including phenoxy) is 1. The minimum Gasteiger partial charge on any atom is -0.467 e. The normalized spacial score (nSPS) is 12.3. The number of carbonyl (C=O) groups excluding carboxylic acids is 2. The first-order valence-electron chi connectivity index (χ1n) is 7.00. The molecule has 1 rings (SSSR count). The van der Waals surface area contributed by atoms with E-state index < -0.39 is 28.1 Å². The van der Waals surface area contributed by atoms with Crippen molar-refractivity contribution in [2.45, 2.75) is 23.9 Å². The van der Waals surface area contributed by atoms with Gasteiger partial charge in [-0.25, -0.2) is 23.1 Å². The molecule has 0 aromatic heterocycles. The third-order valence-electron chi connectivity index (χ3n) is 3.11. The fraction of sp³-hybridized carbons (Fsp3) is 0.429. The van der Waals surface area contributed by atoms with Crippen molar-refractivity contribution in [3.8, 4) is 0 Å². The maximum Gasteiger partial charge on any atom is 0.328 e. The van der Waals surface area contributed by atoms with Crippen molar-refractivity contribution in [1.82, 2.24) is 10.6 Å². The second-order valence-electron chi connectivity index (χ2n) is 4.87. The van der Waals surface area contributed by atoms with Gasteiger partial charge in [0.25, 0.3) is 0 Å². The highest BCUT2D eigenvalue weighted by Gasteiger charge is 2.20. The largest absolute Gasteiger partial charge is 0.467 e. The number of rotatable bonds is 8. The fourth-order valence-corrected chi connectivity index (χ4v) is 2.80. The molecule has 24 heavy (non-hydrogen) atoms. The van der Waals surface area contributed by atoms with Crippen LogP contribution in [0.15, 0.2) is 29.2 Å². The Bertz CT molecular complexity index is 661. The molecule has 0 spiro atoms. The lowest BCUT2D eigenvalue weighted by Gasteiger charge is -2.16. The van der Waals surface area contributed by atoms with Gasteiger partial charge in [0.2, 0.25) is 10.0 Å². The minimum atomic E-state index is -3.74. The van der Waals surface area contributed by atoms with E-state index in [9.17, 15) is 18.0 Å². The second kappa shape index (κ2) is 9.50. The van der Waals surface area contributed by atoms with Crippen molar-refractivity contribution in [3.63, 3.8) is 0 Å². The van der Waals surface area contributed by atoms with Crippen molar-refractivity contribution in [3.05, 3.63) is 29.8 Å². The summed E-state index contributed by atoms with van der Waals surface area (Å²) in [5.74, 6) is 0.200. The van der Waals surface area contributed by atoms with E-state index in [1.54, 1.807) is 23.9 Å². The Morgan fingerprint density at radius 1 is 1.29 bits per heavy atom. The van der Waals surface area contributed by atoms with Gasteiger partial charge in [0.15, 0.2) is 0 Å². The Morgan fingerprint density at radius 3 is 2.42 bits per heavy atom. The number of thioether (sulfide) groups is 1. The summed E-state index contributed by atoms with van der Waals surface area (Å²) in [6, 6.07) is 4.59. The standard InChI is InChI=1S/C14H21N3O5S2/c1-22-13(18)12(7-8-23-2)17-14(19)16-9-10-3-5-11(6-4-10)24(15,20)21/h3-6,12H,7-9H2,1-2H3,(H2,15,20,21)(H2,16,17,19)/t12-/m0/s1. The zero-order valence-electron chi connectivity index (χ0n) is 13.4. The van der Waals surface area contributed by atoms with Crippen LogP contribution in [0.3, 0.4) is 0 Å². The highest BCUT2D eigenvalue weighted by Crippen LogP contribution is 2.08. The van der Waals surface area contributed by atoms with E-state index in [4.69, 9.17) is 5.14 Å². The van der Waals surface area contributed by atoms with E-state index in [2.05, 4.69) is 15.4 Å². The monoisotopic (exact) mass is 375 g/mol. The van der Waals surface area contributed by atoms with Crippen LogP contribution < -0.4 is 15.8 Å². The van der Waals surface area contributed by atoms with Crippen molar-refractivity contribution < 1.29 is 22.7 Å². The SMILES string of the molecule is COC(=O)[C@H](CCSC)NC(=O)NCc1ccc(S(N)(=O)=O)cc1. The number of amides is 2. The van der Waals surface area contributed by atoms with E-state index in [1.807, 2.05) is 6.26 Å². The molecule has 0 aliphatic rings. The summed E-state index contributed by atoms with van der Waals surface area (Å²) in [4.78, 5) is 23.5. The van der Waals surface area contributed by atoms with Crippen LogP contribution in [0.4, 0.5) is 4.79 Å². The number of urea groups is 1. The quantitative estimate of drug-likeness (QED) is 0.565. The fourth-order valence-electron chi connectivity index (χ4n) is 1.82. The van der Waals surface area contributed by atoms with Crippen LogP contribution >= 0.6 is 11.8 Å². The topological polar surface area (TPSA) is 128 Å². The first-order chi connectivity index (χ1) is 11.3. The van der Waals surface area contributed by atoms with Gasteiger partial charge in [0, 0.05) is 6.54 Å². The number of methoxy groups -OCH3 is 1. The summed E-state index contributed by atoms with van der Waals surface area (Å²) in [7, 11) is -2.48. The summed E-state index contributed by atoms with van der Waals surface area (Å²) < 4.78 is 27.0. The number of primary sulfonamides is 1. The lowest BCUT2D eigenvalue weighted by atomic mass is 10.2. The van der Waals surface area contributed by atoms with Crippen molar-refractivity contribution in [2.24, 2.45) is 5.14 Å². The zero-order chi connectivity index (χ0) is 18.2. The molecule has 0 bridgehead atoms. The van der Waals surface area contributed by atoms with Gasteiger partial charge in [0.1, 0.15) is 6.04 Å². The molecule has 0 unspecified atom stereocenters. The molecule has 1 aromatic rings. The first-order valence-corrected chi connectivity index (χ1v) is 9.94. The summed E-state index contributed by atoms with van der Waals surface area (Å²) in [5, 5.41) is 10.2. The smallest absolute Gasteiger partial charge is 0.328 e. The molecule has 0 fully saturated rings. The van der Waals surface area contributed by atoms with Gasteiger partial charge in [-0.15, -0.1) is 0 Å².